The molecule has 2 aromatic rings. The maximum absolute atomic E-state index is 13.7. The molecule has 2 aromatic carbocycles. The van der Waals surface area contributed by atoms with Gasteiger partial charge in [0.15, 0.2) is 0 Å². The van der Waals surface area contributed by atoms with Crippen molar-refractivity contribution >= 4 is 5.91 Å². The number of nitriles is 1. The molecular formula is C22H20F3N3O. The van der Waals surface area contributed by atoms with E-state index in [0.717, 1.165) is 11.1 Å². The zero-order chi connectivity index (χ0) is 20.9. The molecule has 0 aliphatic carbocycles. The SMILES string of the molecule is CC(C)N1Cc2c(cc(CN3Cc4cccc(C#N)c4C3)cc2C(F)(F)F)C1=O. The average molecular weight is 399 g/mol. The van der Waals surface area contributed by atoms with Gasteiger partial charge in [0.25, 0.3) is 5.91 Å². The third-order valence-corrected chi connectivity index (χ3v) is 5.63. The van der Waals surface area contributed by atoms with E-state index in [2.05, 4.69) is 6.07 Å². The summed E-state index contributed by atoms with van der Waals surface area (Å²) in [7, 11) is 0. The van der Waals surface area contributed by atoms with Gasteiger partial charge < -0.3 is 4.90 Å². The number of nitrogens with zero attached hydrogens (tertiary/aromatic N) is 3. The quantitative estimate of drug-likeness (QED) is 0.766. The summed E-state index contributed by atoms with van der Waals surface area (Å²) in [5.74, 6) is -0.348. The smallest absolute Gasteiger partial charge is 0.332 e. The van der Waals surface area contributed by atoms with Crippen LogP contribution in [0.4, 0.5) is 13.2 Å². The van der Waals surface area contributed by atoms with Gasteiger partial charge in [-0.25, -0.2) is 0 Å². The lowest BCUT2D eigenvalue weighted by Crippen LogP contribution is -2.30. The Balaban J connectivity index is 1.67. The van der Waals surface area contributed by atoms with E-state index in [1.165, 1.54) is 11.0 Å². The Morgan fingerprint density at radius 2 is 1.90 bits per heavy atom. The molecule has 0 spiro atoms. The first-order valence-electron chi connectivity index (χ1n) is 9.46. The van der Waals surface area contributed by atoms with Gasteiger partial charge in [-0.2, -0.15) is 18.4 Å². The van der Waals surface area contributed by atoms with Crippen molar-refractivity contribution < 1.29 is 18.0 Å². The fourth-order valence-electron chi connectivity index (χ4n) is 4.22. The number of alkyl halides is 3. The molecule has 29 heavy (non-hydrogen) atoms. The Bertz CT molecular complexity index is 1040. The predicted molar refractivity (Wildman–Crippen MR) is 101 cm³/mol. The van der Waals surface area contributed by atoms with E-state index in [1.54, 1.807) is 26.0 Å². The third-order valence-electron chi connectivity index (χ3n) is 5.63. The number of benzene rings is 2. The molecule has 0 N–H and O–H groups in total. The molecule has 2 heterocycles. The van der Waals surface area contributed by atoms with Gasteiger partial charge in [-0.3, -0.25) is 9.69 Å². The summed E-state index contributed by atoms with van der Waals surface area (Å²) in [4.78, 5) is 16.1. The van der Waals surface area contributed by atoms with Crippen LogP contribution >= 0.6 is 0 Å². The van der Waals surface area contributed by atoms with Crippen molar-refractivity contribution in [3.8, 4) is 6.07 Å². The van der Waals surface area contributed by atoms with Gasteiger partial charge in [0, 0.05) is 37.8 Å². The molecule has 4 nitrogen and oxygen atoms in total. The first kappa shape index (κ1) is 19.5. The van der Waals surface area contributed by atoms with Crippen LogP contribution in [-0.4, -0.2) is 21.7 Å². The second-order valence-corrected chi connectivity index (χ2v) is 7.89. The second-order valence-electron chi connectivity index (χ2n) is 7.89. The zero-order valence-corrected chi connectivity index (χ0v) is 16.2. The molecular weight excluding hydrogens is 379 g/mol. The van der Waals surface area contributed by atoms with Crippen molar-refractivity contribution in [1.29, 1.82) is 5.26 Å². The lowest BCUT2D eigenvalue weighted by atomic mass is 9.98. The van der Waals surface area contributed by atoms with Crippen LogP contribution in [-0.2, 0) is 32.4 Å². The van der Waals surface area contributed by atoms with Crippen LogP contribution in [0.5, 0.6) is 0 Å². The molecule has 150 valence electrons. The van der Waals surface area contributed by atoms with Crippen molar-refractivity contribution in [1.82, 2.24) is 9.80 Å². The number of carbonyl (C=O) groups excluding carboxylic acids is 1. The van der Waals surface area contributed by atoms with E-state index < -0.39 is 11.7 Å². The first-order chi connectivity index (χ1) is 13.7. The minimum atomic E-state index is -4.52. The summed E-state index contributed by atoms with van der Waals surface area (Å²) in [6, 6.07) is 10.3. The number of hydrogen-bond donors (Lipinski definition) is 0. The standard InChI is InChI=1S/C22H20F3N3O/c1-13(2)28-12-19-17(21(28)29)6-14(7-20(19)22(23,24)25)9-27-10-16-5-3-4-15(8-26)18(16)11-27/h3-7,13H,9-12H2,1-2H3. The Morgan fingerprint density at radius 1 is 1.14 bits per heavy atom. The lowest BCUT2D eigenvalue weighted by molar-refractivity contribution is -0.138. The second kappa shape index (κ2) is 6.89. The van der Waals surface area contributed by atoms with Gasteiger partial charge in [-0.15, -0.1) is 0 Å². The van der Waals surface area contributed by atoms with Crippen LogP contribution in [0.1, 0.15) is 57.6 Å². The van der Waals surface area contributed by atoms with Crippen molar-refractivity contribution in [3.63, 3.8) is 0 Å². The van der Waals surface area contributed by atoms with E-state index in [0.29, 0.717) is 24.2 Å². The van der Waals surface area contributed by atoms with Gasteiger partial charge in [-0.05, 0) is 54.3 Å². The molecule has 7 heteroatoms. The Kier molecular flexibility index (Phi) is 4.62. The molecule has 0 saturated heterocycles. The van der Waals surface area contributed by atoms with Crippen LogP contribution in [0.15, 0.2) is 30.3 Å². The highest BCUT2D eigenvalue weighted by molar-refractivity contribution is 5.99. The van der Waals surface area contributed by atoms with Gasteiger partial charge in [0.1, 0.15) is 0 Å². The summed E-state index contributed by atoms with van der Waals surface area (Å²) in [6.07, 6.45) is -4.52. The van der Waals surface area contributed by atoms with Gasteiger partial charge in [-0.1, -0.05) is 12.1 Å². The van der Waals surface area contributed by atoms with E-state index in [1.807, 2.05) is 17.0 Å². The predicted octanol–water partition coefficient (Wildman–Crippen LogP) is 4.46. The number of hydrogen-bond acceptors (Lipinski definition) is 3. The topological polar surface area (TPSA) is 47.3 Å². The molecule has 2 aliphatic rings. The molecule has 2 aliphatic heterocycles. The molecule has 0 atom stereocenters. The van der Waals surface area contributed by atoms with Crippen LogP contribution in [0.25, 0.3) is 0 Å². The summed E-state index contributed by atoms with van der Waals surface area (Å²) < 4.78 is 41.2. The van der Waals surface area contributed by atoms with E-state index >= 15 is 0 Å². The van der Waals surface area contributed by atoms with Gasteiger partial charge in [0.05, 0.1) is 17.2 Å². The number of fused-ring (bicyclic) bond motifs is 2. The Hall–Kier alpha value is -2.85. The maximum Gasteiger partial charge on any atom is 0.416 e. The monoisotopic (exact) mass is 399 g/mol. The van der Waals surface area contributed by atoms with Gasteiger partial charge >= 0.3 is 6.18 Å². The largest absolute Gasteiger partial charge is 0.416 e. The van der Waals surface area contributed by atoms with Crippen molar-refractivity contribution in [2.75, 3.05) is 0 Å². The van der Waals surface area contributed by atoms with Crippen molar-refractivity contribution in [2.45, 2.75) is 52.2 Å². The minimum Gasteiger partial charge on any atom is -0.332 e. The third kappa shape index (κ3) is 3.38. The highest BCUT2D eigenvalue weighted by atomic mass is 19.4. The molecule has 0 unspecified atom stereocenters. The fraction of sp³-hybridized carbons (Fsp3) is 0.364. The molecule has 0 fully saturated rings. The summed E-state index contributed by atoms with van der Waals surface area (Å²) >= 11 is 0. The lowest BCUT2D eigenvalue weighted by Gasteiger charge is -2.20. The summed E-state index contributed by atoms with van der Waals surface area (Å²) in [5, 5.41) is 9.27. The summed E-state index contributed by atoms with van der Waals surface area (Å²) in [6.45, 7) is 4.93. The normalized spacial score (nSPS) is 16.3. The van der Waals surface area contributed by atoms with Crippen molar-refractivity contribution in [2.24, 2.45) is 0 Å². The van der Waals surface area contributed by atoms with E-state index in [9.17, 15) is 23.2 Å². The summed E-state index contributed by atoms with van der Waals surface area (Å²) in [5.41, 5.74) is 2.49. The van der Waals surface area contributed by atoms with Crippen molar-refractivity contribution in [3.05, 3.63) is 69.3 Å². The van der Waals surface area contributed by atoms with Crippen LogP contribution < -0.4 is 0 Å². The zero-order valence-electron chi connectivity index (χ0n) is 16.2. The number of carbonyl (C=O) groups is 1. The highest BCUT2D eigenvalue weighted by Gasteiger charge is 2.40. The maximum atomic E-state index is 13.7. The number of rotatable bonds is 3. The van der Waals surface area contributed by atoms with Crippen LogP contribution in [0, 0.1) is 11.3 Å². The highest BCUT2D eigenvalue weighted by Crippen LogP contribution is 2.39. The minimum absolute atomic E-state index is 0.0123. The Labute approximate surface area is 167 Å². The molecule has 1 amide bonds. The van der Waals surface area contributed by atoms with E-state index in [4.69, 9.17) is 0 Å². The number of amides is 1. The molecule has 0 bridgehead atoms. The molecule has 0 aromatic heterocycles. The van der Waals surface area contributed by atoms with Crippen LogP contribution in [0.3, 0.4) is 0 Å². The van der Waals surface area contributed by atoms with E-state index in [-0.39, 0.29) is 36.2 Å². The molecule has 4 rings (SSSR count). The number of halogens is 3. The Morgan fingerprint density at radius 3 is 2.55 bits per heavy atom. The van der Waals surface area contributed by atoms with Crippen LogP contribution in [0.2, 0.25) is 0 Å². The fourth-order valence-corrected chi connectivity index (χ4v) is 4.22. The first-order valence-corrected chi connectivity index (χ1v) is 9.46. The molecule has 0 saturated carbocycles. The van der Waals surface area contributed by atoms with Gasteiger partial charge in [0.2, 0.25) is 0 Å². The average Bonchev–Trinajstić information content (AvgIpc) is 3.21. The molecule has 0 radical (unpaired) electrons.